The Morgan fingerprint density at radius 3 is 2.94 bits per heavy atom. The molecule has 0 spiro atoms. The van der Waals surface area contributed by atoms with E-state index in [-0.39, 0.29) is 6.04 Å². The van der Waals surface area contributed by atoms with Gasteiger partial charge in [0, 0.05) is 10.3 Å². The van der Waals surface area contributed by atoms with E-state index >= 15 is 0 Å². The van der Waals surface area contributed by atoms with Gasteiger partial charge in [-0.3, -0.25) is 0 Å². The Morgan fingerprint density at radius 2 is 2.38 bits per heavy atom. The molecule has 6 heteroatoms. The fraction of sp³-hybridized carbons (Fsp3) is 0.400. The first-order chi connectivity index (χ1) is 7.81. The second-order valence-corrected chi connectivity index (χ2v) is 5.72. The Hall–Kier alpha value is -0.490. The molecule has 1 unspecified atom stereocenters. The van der Waals surface area contributed by atoms with Crippen molar-refractivity contribution in [2.45, 2.75) is 19.4 Å². The lowest BCUT2D eigenvalue weighted by atomic mass is 10.2. The minimum absolute atomic E-state index is 0.121. The molecule has 2 aromatic rings. The van der Waals surface area contributed by atoms with Gasteiger partial charge in [-0.25, -0.2) is 0 Å². The molecule has 0 amide bonds. The molecule has 0 aliphatic carbocycles. The van der Waals surface area contributed by atoms with Crippen molar-refractivity contribution in [2.75, 3.05) is 6.54 Å². The molecule has 0 radical (unpaired) electrons. The van der Waals surface area contributed by atoms with E-state index in [1.807, 2.05) is 17.5 Å². The average molecular weight is 274 g/mol. The first kappa shape index (κ1) is 12.0. The molecule has 2 heterocycles. The van der Waals surface area contributed by atoms with Gasteiger partial charge in [-0.05, 0) is 36.6 Å². The number of hydrogen-bond donors (Lipinski definition) is 1. The maximum Gasteiger partial charge on any atom is 0.0978 e. The van der Waals surface area contributed by atoms with E-state index in [1.54, 1.807) is 11.3 Å². The molecule has 1 atom stereocenters. The summed E-state index contributed by atoms with van der Waals surface area (Å²) in [6.07, 6.45) is 1.09. The van der Waals surface area contributed by atoms with Crippen LogP contribution in [0.15, 0.2) is 17.5 Å². The fourth-order valence-electron chi connectivity index (χ4n) is 1.42. The molecule has 86 valence electrons. The molecule has 0 saturated carbocycles. The zero-order valence-electron chi connectivity index (χ0n) is 8.81. The van der Waals surface area contributed by atoms with Gasteiger partial charge in [0.2, 0.25) is 0 Å². The molecular weight excluding hydrogens is 262 g/mol. The summed E-state index contributed by atoms with van der Waals surface area (Å²) in [4.78, 5) is 1.19. The van der Waals surface area contributed by atoms with E-state index in [1.165, 1.54) is 16.4 Å². The number of hydrogen-bond acceptors (Lipinski definition) is 5. The van der Waals surface area contributed by atoms with E-state index in [4.69, 9.17) is 11.6 Å². The minimum atomic E-state index is 0.121. The lowest BCUT2D eigenvalue weighted by molar-refractivity contribution is 0.592. The molecule has 2 rings (SSSR count). The molecule has 0 saturated heterocycles. The molecule has 16 heavy (non-hydrogen) atoms. The van der Waals surface area contributed by atoms with Crippen LogP contribution in [0.1, 0.15) is 30.0 Å². The third-order valence-corrected chi connectivity index (χ3v) is 3.97. The maximum absolute atomic E-state index is 5.96. The third kappa shape index (κ3) is 2.79. The number of halogens is 1. The van der Waals surface area contributed by atoms with E-state index in [0.29, 0.717) is 0 Å². The Morgan fingerprint density at radius 1 is 1.50 bits per heavy atom. The van der Waals surface area contributed by atoms with Gasteiger partial charge in [0.05, 0.1) is 16.1 Å². The van der Waals surface area contributed by atoms with Gasteiger partial charge in [-0.2, -0.15) is 0 Å². The molecule has 0 aromatic carbocycles. The number of nitrogens with zero attached hydrogens (tertiary/aromatic N) is 2. The Kier molecular flexibility index (Phi) is 4.29. The van der Waals surface area contributed by atoms with Gasteiger partial charge in [-0.1, -0.05) is 23.0 Å². The summed E-state index contributed by atoms with van der Waals surface area (Å²) in [5.41, 5.74) is 0.969. The van der Waals surface area contributed by atoms with E-state index < -0.39 is 0 Å². The number of aromatic nitrogens is 2. The highest BCUT2D eigenvalue weighted by Crippen LogP contribution is 2.30. The number of nitrogens with one attached hydrogen (secondary N) is 1. The first-order valence-electron chi connectivity index (χ1n) is 5.07. The summed E-state index contributed by atoms with van der Waals surface area (Å²) in [6, 6.07) is 4.08. The lowest BCUT2D eigenvalue weighted by Gasteiger charge is -2.13. The zero-order chi connectivity index (χ0) is 11.4. The van der Waals surface area contributed by atoms with Crippen LogP contribution in [-0.4, -0.2) is 16.1 Å². The summed E-state index contributed by atoms with van der Waals surface area (Å²) in [5, 5.41) is 9.56. The molecule has 0 aliphatic rings. The van der Waals surface area contributed by atoms with Crippen LogP contribution < -0.4 is 5.32 Å². The van der Waals surface area contributed by atoms with Crippen LogP contribution in [0.5, 0.6) is 0 Å². The van der Waals surface area contributed by atoms with Gasteiger partial charge < -0.3 is 5.32 Å². The van der Waals surface area contributed by atoms with Gasteiger partial charge >= 0.3 is 0 Å². The molecule has 0 bridgehead atoms. The first-order valence-corrected chi connectivity index (χ1v) is 7.10. The van der Waals surface area contributed by atoms with E-state index in [2.05, 4.69) is 21.8 Å². The molecule has 2 aromatic heterocycles. The summed E-state index contributed by atoms with van der Waals surface area (Å²) < 4.78 is 4.71. The Bertz CT molecular complexity index is 427. The standard InChI is InChI=1S/C10H12ClN3S2/c1-2-5-12-10(7-6-15-14-13-7)8-3-4-9(11)16-8/h3-4,6,10,12H,2,5H2,1H3. The van der Waals surface area contributed by atoms with Gasteiger partial charge in [0.1, 0.15) is 0 Å². The molecular formula is C10H12ClN3S2. The van der Waals surface area contributed by atoms with Crippen molar-refractivity contribution < 1.29 is 0 Å². The van der Waals surface area contributed by atoms with Crippen LogP contribution in [-0.2, 0) is 0 Å². The smallest absolute Gasteiger partial charge is 0.0978 e. The zero-order valence-corrected chi connectivity index (χ0v) is 11.2. The van der Waals surface area contributed by atoms with Crippen LogP contribution in [0.4, 0.5) is 0 Å². The lowest BCUT2D eigenvalue weighted by Crippen LogP contribution is -2.22. The Balaban J connectivity index is 2.21. The largest absolute Gasteiger partial charge is 0.304 e. The summed E-state index contributed by atoms with van der Waals surface area (Å²) in [5.74, 6) is 0. The van der Waals surface area contributed by atoms with Crippen LogP contribution in [0.2, 0.25) is 4.34 Å². The van der Waals surface area contributed by atoms with Crippen LogP contribution in [0.25, 0.3) is 0 Å². The van der Waals surface area contributed by atoms with Crippen molar-refractivity contribution in [3.63, 3.8) is 0 Å². The van der Waals surface area contributed by atoms with Crippen molar-refractivity contribution in [1.29, 1.82) is 0 Å². The molecule has 0 aliphatic heterocycles. The summed E-state index contributed by atoms with van der Waals surface area (Å²) in [7, 11) is 0. The quantitative estimate of drug-likeness (QED) is 0.908. The highest BCUT2D eigenvalue weighted by atomic mass is 35.5. The summed E-state index contributed by atoms with van der Waals surface area (Å²) in [6.45, 7) is 3.10. The Labute approximate surface area is 108 Å². The van der Waals surface area contributed by atoms with Gasteiger partial charge in [-0.15, -0.1) is 16.4 Å². The van der Waals surface area contributed by atoms with Crippen LogP contribution in [0, 0.1) is 0 Å². The SMILES string of the molecule is CCCNC(c1csnn1)c1ccc(Cl)s1. The van der Waals surface area contributed by atoms with E-state index in [9.17, 15) is 0 Å². The highest BCUT2D eigenvalue weighted by Gasteiger charge is 2.17. The third-order valence-electron chi connectivity index (χ3n) is 2.15. The summed E-state index contributed by atoms with van der Waals surface area (Å²) >= 11 is 8.91. The fourth-order valence-corrected chi connectivity index (χ4v) is 3.05. The number of thiophene rings is 1. The average Bonchev–Trinajstić information content (AvgIpc) is 2.91. The monoisotopic (exact) mass is 273 g/mol. The van der Waals surface area contributed by atoms with Crippen molar-refractivity contribution in [3.8, 4) is 0 Å². The van der Waals surface area contributed by atoms with Crippen molar-refractivity contribution in [1.82, 2.24) is 14.9 Å². The molecule has 3 nitrogen and oxygen atoms in total. The molecule has 1 N–H and O–H groups in total. The van der Waals surface area contributed by atoms with Gasteiger partial charge in [0.15, 0.2) is 0 Å². The van der Waals surface area contributed by atoms with Crippen molar-refractivity contribution >= 4 is 34.5 Å². The van der Waals surface area contributed by atoms with Crippen molar-refractivity contribution in [2.24, 2.45) is 0 Å². The minimum Gasteiger partial charge on any atom is -0.304 e. The van der Waals surface area contributed by atoms with Crippen molar-refractivity contribution in [3.05, 3.63) is 32.4 Å². The van der Waals surface area contributed by atoms with E-state index in [0.717, 1.165) is 23.0 Å². The molecule has 0 fully saturated rings. The van der Waals surface area contributed by atoms with Crippen LogP contribution in [0.3, 0.4) is 0 Å². The second kappa shape index (κ2) is 5.72. The normalized spacial score (nSPS) is 12.9. The maximum atomic E-state index is 5.96. The second-order valence-electron chi connectivity index (χ2n) is 3.36. The number of rotatable bonds is 5. The predicted octanol–water partition coefficient (Wildman–Crippen LogP) is 3.34. The van der Waals surface area contributed by atoms with Gasteiger partial charge in [0.25, 0.3) is 0 Å². The topological polar surface area (TPSA) is 37.8 Å². The highest BCUT2D eigenvalue weighted by molar-refractivity contribution is 7.16. The van der Waals surface area contributed by atoms with Crippen LogP contribution >= 0.6 is 34.5 Å². The predicted molar refractivity (Wildman–Crippen MR) is 69.4 cm³/mol.